The number of hydrogen-bond acceptors (Lipinski definition) is 2. The molecule has 0 unspecified atom stereocenters. The van der Waals surface area contributed by atoms with Crippen molar-refractivity contribution in [3.63, 3.8) is 0 Å². The Morgan fingerprint density at radius 3 is 2.50 bits per heavy atom. The average molecular weight is 198 g/mol. The van der Waals surface area contributed by atoms with Crippen LogP contribution in [-0.2, 0) is 0 Å². The molecule has 0 aliphatic heterocycles. The van der Waals surface area contributed by atoms with Gasteiger partial charge < -0.3 is 10.2 Å². The summed E-state index contributed by atoms with van der Waals surface area (Å²) in [5, 5.41) is 3.19. The molecule has 0 radical (unpaired) electrons. The fraction of sp³-hybridized carbons (Fsp3) is 1.00. The lowest BCUT2D eigenvalue weighted by Gasteiger charge is -2.15. The van der Waals surface area contributed by atoms with Crippen molar-refractivity contribution in [3.05, 3.63) is 0 Å². The van der Waals surface area contributed by atoms with Crippen molar-refractivity contribution in [1.29, 1.82) is 0 Å². The van der Waals surface area contributed by atoms with Gasteiger partial charge in [-0.1, -0.05) is 12.8 Å². The van der Waals surface area contributed by atoms with Crippen LogP contribution in [0.25, 0.3) is 0 Å². The van der Waals surface area contributed by atoms with Crippen LogP contribution < -0.4 is 5.32 Å². The molecular formula is C12H26N2. The molecule has 0 aromatic carbocycles. The zero-order valence-electron chi connectivity index (χ0n) is 9.89. The lowest BCUT2D eigenvalue weighted by atomic mass is 10.2. The van der Waals surface area contributed by atoms with Crippen molar-refractivity contribution in [2.75, 3.05) is 33.7 Å². The van der Waals surface area contributed by atoms with Gasteiger partial charge in [0.05, 0.1) is 0 Å². The molecule has 1 aliphatic carbocycles. The van der Waals surface area contributed by atoms with Gasteiger partial charge in [0.25, 0.3) is 0 Å². The first-order valence-corrected chi connectivity index (χ1v) is 6.16. The molecular weight excluding hydrogens is 172 g/mol. The minimum atomic E-state index is 1.05. The van der Waals surface area contributed by atoms with E-state index in [1.54, 1.807) is 0 Å². The van der Waals surface area contributed by atoms with Gasteiger partial charge in [-0.05, 0) is 58.8 Å². The highest BCUT2D eigenvalue weighted by Crippen LogP contribution is 2.29. The molecule has 1 rings (SSSR count). The van der Waals surface area contributed by atoms with E-state index >= 15 is 0 Å². The molecule has 1 saturated carbocycles. The van der Waals surface area contributed by atoms with E-state index in [4.69, 9.17) is 0 Å². The Kier molecular flexibility index (Phi) is 6.20. The third kappa shape index (κ3) is 6.39. The molecule has 0 saturated heterocycles. The summed E-state index contributed by atoms with van der Waals surface area (Å²) in [7, 11) is 4.30. The normalized spacial score (nSPS) is 16.5. The molecule has 0 amide bonds. The maximum atomic E-state index is 3.19. The van der Waals surface area contributed by atoms with Gasteiger partial charge in [-0.3, -0.25) is 0 Å². The first-order chi connectivity index (χ1) is 6.83. The zero-order chi connectivity index (χ0) is 10.2. The van der Waals surface area contributed by atoms with Crippen molar-refractivity contribution < 1.29 is 0 Å². The molecule has 2 nitrogen and oxygen atoms in total. The van der Waals surface area contributed by atoms with Gasteiger partial charge >= 0.3 is 0 Å². The number of nitrogens with zero attached hydrogens (tertiary/aromatic N) is 1. The van der Waals surface area contributed by atoms with E-state index in [9.17, 15) is 0 Å². The molecule has 1 N–H and O–H groups in total. The van der Waals surface area contributed by atoms with Crippen LogP contribution in [0.5, 0.6) is 0 Å². The SMILES string of the molecule is CNCCCCCCN(C)CC1CC1. The van der Waals surface area contributed by atoms with Gasteiger partial charge in [-0.15, -0.1) is 0 Å². The lowest BCUT2D eigenvalue weighted by Crippen LogP contribution is -2.22. The molecule has 0 aromatic rings. The van der Waals surface area contributed by atoms with E-state index < -0.39 is 0 Å². The molecule has 84 valence electrons. The zero-order valence-corrected chi connectivity index (χ0v) is 9.89. The van der Waals surface area contributed by atoms with Crippen LogP contribution in [0.1, 0.15) is 38.5 Å². The quantitative estimate of drug-likeness (QED) is 0.571. The van der Waals surface area contributed by atoms with Crippen molar-refractivity contribution in [1.82, 2.24) is 10.2 Å². The molecule has 0 heterocycles. The number of unbranched alkanes of at least 4 members (excludes halogenated alkanes) is 3. The van der Waals surface area contributed by atoms with E-state index in [0.29, 0.717) is 0 Å². The van der Waals surface area contributed by atoms with Gasteiger partial charge in [0, 0.05) is 6.54 Å². The lowest BCUT2D eigenvalue weighted by molar-refractivity contribution is 0.311. The number of hydrogen-bond donors (Lipinski definition) is 1. The first-order valence-electron chi connectivity index (χ1n) is 6.16. The Balaban J connectivity index is 1.77. The second kappa shape index (κ2) is 7.24. The Hall–Kier alpha value is -0.0800. The Morgan fingerprint density at radius 1 is 1.14 bits per heavy atom. The summed E-state index contributed by atoms with van der Waals surface area (Å²) in [6, 6.07) is 0. The van der Waals surface area contributed by atoms with Crippen molar-refractivity contribution >= 4 is 0 Å². The summed E-state index contributed by atoms with van der Waals surface area (Å²) < 4.78 is 0. The van der Waals surface area contributed by atoms with Gasteiger partial charge in [0.2, 0.25) is 0 Å². The minimum Gasteiger partial charge on any atom is -0.320 e. The highest BCUT2D eigenvalue weighted by Gasteiger charge is 2.22. The molecule has 1 aliphatic rings. The summed E-state index contributed by atoms with van der Waals surface area (Å²) in [4.78, 5) is 2.51. The predicted molar refractivity (Wildman–Crippen MR) is 62.6 cm³/mol. The van der Waals surface area contributed by atoms with Gasteiger partial charge in [-0.2, -0.15) is 0 Å². The van der Waals surface area contributed by atoms with E-state index in [0.717, 1.165) is 5.92 Å². The highest BCUT2D eigenvalue weighted by molar-refractivity contribution is 4.75. The average Bonchev–Trinajstić information content (AvgIpc) is 2.95. The summed E-state index contributed by atoms with van der Waals surface area (Å²) in [5.74, 6) is 1.05. The molecule has 0 bridgehead atoms. The molecule has 1 fully saturated rings. The van der Waals surface area contributed by atoms with Gasteiger partial charge in [0.1, 0.15) is 0 Å². The smallest absolute Gasteiger partial charge is 0.000661 e. The van der Waals surface area contributed by atoms with Crippen molar-refractivity contribution in [3.8, 4) is 0 Å². The second-order valence-electron chi connectivity index (χ2n) is 4.72. The summed E-state index contributed by atoms with van der Waals surface area (Å²) in [6.07, 6.45) is 8.46. The van der Waals surface area contributed by atoms with Crippen LogP contribution in [0.2, 0.25) is 0 Å². The summed E-state index contributed by atoms with van der Waals surface area (Å²) >= 11 is 0. The number of nitrogens with one attached hydrogen (secondary N) is 1. The fourth-order valence-corrected chi connectivity index (χ4v) is 1.87. The van der Waals surface area contributed by atoms with E-state index in [1.807, 2.05) is 7.05 Å². The molecule has 14 heavy (non-hydrogen) atoms. The molecule has 2 heteroatoms. The standard InChI is InChI=1S/C12H26N2/c1-13-9-5-3-4-6-10-14(2)11-12-7-8-12/h12-13H,3-11H2,1-2H3. The van der Waals surface area contributed by atoms with Gasteiger partial charge in [-0.25, -0.2) is 0 Å². The third-order valence-corrected chi connectivity index (χ3v) is 2.98. The summed E-state index contributed by atoms with van der Waals surface area (Å²) in [5.41, 5.74) is 0. The van der Waals surface area contributed by atoms with Crippen LogP contribution >= 0.6 is 0 Å². The highest BCUT2D eigenvalue weighted by atomic mass is 15.1. The van der Waals surface area contributed by atoms with Crippen LogP contribution in [0, 0.1) is 5.92 Å². The largest absolute Gasteiger partial charge is 0.320 e. The second-order valence-corrected chi connectivity index (χ2v) is 4.72. The topological polar surface area (TPSA) is 15.3 Å². The Labute approximate surface area is 89.1 Å². The molecule has 0 spiro atoms. The predicted octanol–water partition coefficient (Wildman–Crippen LogP) is 2.11. The van der Waals surface area contributed by atoms with Crippen molar-refractivity contribution in [2.24, 2.45) is 5.92 Å². The summed E-state index contributed by atoms with van der Waals surface area (Å²) in [6.45, 7) is 3.82. The van der Waals surface area contributed by atoms with E-state index in [2.05, 4.69) is 17.3 Å². The van der Waals surface area contributed by atoms with Crippen molar-refractivity contribution in [2.45, 2.75) is 38.5 Å². The number of rotatable bonds is 9. The van der Waals surface area contributed by atoms with Crippen LogP contribution in [0.4, 0.5) is 0 Å². The first kappa shape index (κ1) is 12.0. The van der Waals surface area contributed by atoms with Crippen LogP contribution in [0.15, 0.2) is 0 Å². The monoisotopic (exact) mass is 198 g/mol. The Morgan fingerprint density at radius 2 is 1.86 bits per heavy atom. The van der Waals surface area contributed by atoms with Gasteiger partial charge in [0.15, 0.2) is 0 Å². The maximum absolute atomic E-state index is 3.19. The Bertz CT molecular complexity index is 132. The van der Waals surface area contributed by atoms with E-state index in [1.165, 1.54) is 58.2 Å². The fourth-order valence-electron chi connectivity index (χ4n) is 1.87. The van der Waals surface area contributed by atoms with E-state index in [-0.39, 0.29) is 0 Å². The molecule has 0 atom stereocenters. The minimum absolute atomic E-state index is 1.05. The van der Waals surface area contributed by atoms with Crippen LogP contribution in [0.3, 0.4) is 0 Å². The molecule has 0 aromatic heterocycles. The van der Waals surface area contributed by atoms with Crippen LogP contribution in [-0.4, -0.2) is 38.6 Å². The third-order valence-electron chi connectivity index (χ3n) is 2.98. The maximum Gasteiger partial charge on any atom is 0.000661 e.